The maximum Gasteiger partial charge on any atom is 0.146 e. The van der Waals surface area contributed by atoms with Crippen molar-refractivity contribution in [3.05, 3.63) is 59.7 Å². The second-order valence-corrected chi connectivity index (χ2v) is 4.73. The normalized spacial score (nSPS) is 12.0. The Morgan fingerprint density at radius 2 is 1.86 bits per heavy atom. The number of nitrogens with one attached hydrogen (secondary N) is 1. The van der Waals surface area contributed by atoms with Crippen molar-refractivity contribution in [3.8, 4) is 5.75 Å². The molecule has 2 aromatic rings. The van der Waals surface area contributed by atoms with E-state index in [0.29, 0.717) is 11.4 Å². The summed E-state index contributed by atoms with van der Waals surface area (Å²) in [4.78, 5) is 0. The number of benzene rings is 2. The molecule has 2 rings (SSSR count). The van der Waals surface area contributed by atoms with Gasteiger partial charge in [0.25, 0.3) is 0 Å². The third-order valence-corrected chi connectivity index (χ3v) is 2.99. The molecule has 0 heterocycles. The van der Waals surface area contributed by atoms with Gasteiger partial charge >= 0.3 is 0 Å². The summed E-state index contributed by atoms with van der Waals surface area (Å²) in [6.07, 6.45) is -0.811. The number of aryl methyl sites for hydroxylation is 1. The molecular weight excluding hydrogens is 276 g/mol. The van der Waals surface area contributed by atoms with Crippen LogP contribution in [-0.2, 0) is 0 Å². The minimum Gasteiger partial charge on any atom is -0.491 e. The van der Waals surface area contributed by atoms with Crippen molar-refractivity contribution in [2.75, 3.05) is 18.5 Å². The van der Waals surface area contributed by atoms with Crippen molar-refractivity contribution in [3.63, 3.8) is 0 Å². The van der Waals surface area contributed by atoms with E-state index in [1.54, 1.807) is 19.1 Å². The topological polar surface area (TPSA) is 41.5 Å². The number of aliphatic hydroxyl groups is 1. The van der Waals surface area contributed by atoms with Crippen molar-refractivity contribution < 1.29 is 18.6 Å². The van der Waals surface area contributed by atoms with Gasteiger partial charge in [0.2, 0.25) is 0 Å². The van der Waals surface area contributed by atoms with Crippen molar-refractivity contribution >= 4 is 5.69 Å². The molecule has 21 heavy (non-hydrogen) atoms. The maximum atomic E-state index is 13.6. The van der Waals surface area contributed by atoms with E-state index in [1.165, 1.54) is 30.3 Å². The largest absolute Gasteiger partial charge is 0.491 e. The first-order valence-corrected chi connectivity index (χ1v) is 6.61. The second-order valence-electron chi connectivity index (χ2n) is 4.73. The summed E-state index contributed by atoms with van der Waals surface area (Å²) in [7, 11) is 0. The van der Waals surface area contributed by atoms with Gasteiger partial charge in [-0.15, -0.1) is 0 Å². The summed E-state index contributed by atoms with van der Waals surface area (Å²) in [5.74, 6) is -0.237. The van der Waals surface area contributed by atoms with Gasteiger partial charge in [-0.25, -0.2) is 8.78 Å². The van der Waals surface area contributed by atoms with Crippen LogP contribution in [0.1, 0.15) is 5.56 Å². The fraction of sp³-hybridized carbons (Fsp3) is 0.250. The first-order chi connectivity index (χ1) is 10.1. The predicted molar refractivity (Wildman–Crippen MR) is 77.5 cm³/mol. The van der Waals surface area contributed by atoms with Gasteiger partial charge in [0.1, 0.15) is 30.1 Å². The van der Waals surface area contributed by atoms with Gasteiger partial charge in [0.15, 0.2) is 0 Å². The smallest absolute Gasteiger partial charge is 0.146 e. The molecule has 0 aliphatic rings. The molecule has 1 atom stereocenters. The number of aliphatic hydroxyl groups excluding tert-OH is 1. The van der Waals surface area contributed by atoms with Crippen LogP contribution in [0.15, 0.2) is 42.5 Å². The number of rotatable bonds is 6. The van der Waals surface area contributed by atoms with Crippen LogP contribution in [0.2, 0.25) is 0 Å². The summed E-state index contributed by atoms with van der Waals surface area (Å²) in [5.41, 5.74) is 1.14. The SMILES string of the molecule is Cc1cccc(F)c1NCC(O)COc1ccc(F)cc1. The molecule has 1 unspecified atom stereocenters. The lowest BCUT2D eigenvalue weighted by atomic mass is 10.2. The Balaban J connectivity index is 1.82. The van der Waals surface area contributed by atoms with Crippen LogP contribution in [-0.4, -0.2) is 24.4 Å². The average Bonchev–Trinajstić information content (AvgIpc) is 2.46. The van der Waals surface area contributed by atoms with Gasteiger partial charge in [-0.2, -0.15) is 0 Å². The van der Waals surface area contributed by atoms with Crippen molar-refractivity contribution in [1.82, 2.24) is 0 Å². The Kier molecular flexibility index (Phi) is 5.11. The van der Waals surface area contributed by atoms with Gasteiger partial charge < -0.3 is 15.2 Å². The van der Waals surface area contributed by atoms with Crippen LogP contribution in [0.4, 0.5) is 14.5 Å². The zero-order chi connectivity index (χ0) is 15.2. The van der Waals surface area contributed by atoms with Gasteiger partial charge in [-0.05, 0) is 42.8 Å². The van der Waals surface area contributed by atoms with E-state index in [2.05, 4.69) is 5.32 Å². The second kappa shape index (κ2) is 7.04. The van der Waals surface area contributed by atoms with Crippen molar-refractivity contribution in [2.45, 2.75) is 13.0 Å². The Hall–Kier alpha value is -2.14. The molecule has 0 aliphatic heterocycles. The molecule has 2 N–H and O–H groups in total. The highest BCUT2D eigenvalue weighted by molar-refractivity contribution is 5.51. The molecule has 0 saturated heterocycles. The van der Waals surface area contributed by atoms with E-state index >= 15 is 0 Å². The number of hydrogen-bond acceptors (Lipinski definition) is 3. The summed E-state index contributed by atoms with van der Waals surface area (Å²) >= 11 is 0. The van der Waals surface area contributed by atoms with E-state index in [1.807, 2.05) is 0 Å². The molecule has 5 heteroatoms. The first kappa shape index (κ1) is 15.3. The molecule has 0 aromatic heterocycles. The van der Waals surface area contributed by atoms with Crippen LogP contribution in [0.25, 0.3) is 0 Å². The predicted octanol–water partition coefficient (Wildman–Crippen LogP) is 3.13. The molecule has 112 valence electrons. The first-order valence-electron chi connectivity index (χ1n) is 6.61. The Labute approximate surface area is 122 Å². The zero-order valence-electron chi connectivity index (χ0n) is 11.6. The maximum absolute atomic E-state index is 13.6. The lowest BCUT2D eigenvalue weighted by molar-refractivity contribution is 0.117. The molecule has 0 aliphatic carbocycles. The zero-order valence-corrected chi connectivity index (χ0v) is 11.6. The third kappa shape index (κ3) is 4.43. The summed E-state index contributed by atoms with van der Waals surface area (Å²) < 4.78 is 31.6. The molecule has 2 aromatic carbocycles. The summed E-state index contributed by atoms with van der Waals surface area (Å²) in [6, 6.07) is 10.3. The number of para-hydroxylation sites is 1. The quantitative estimate of drug-likeness (QED) is 0.860. The highest BCUT2D eigenvalue weighted by atomic mass is 19.1. The summed E-state index contributed by atoms with van der Waals surface area (Å²) in [5, 5.41) is 12.7. The van der Waals surface area contributed by atoms with Crippen LogP contribution >= 0.6 is 0 Å². The fourth-order valence-electron chi connectivity index (χ4n) is 1.86. The Bertz CT molecular complexity index is 567. The van der Waals surface area contributed by atoms with Crippen LogP contribution in [0, 0.1) is 18.6 Å². The molecule has 3 nitrogen and oxygen atoms in total. The summed E-state index contributed by atoms with van der Waals surface area (Å²) in [6.45, 7) is 1.97. The molecule has 0 fully saturated rings. The van der Waals surface area contributed by atoms with Crippen LogP contribution in [0.3, 0.4) is 0 Å². The molecular formula is C16H17F2NO2. The molecule has 0 spiro atoms. The van der Waals surface area contributed by atoms with E-state index < -0.39 is 6.10 Å². The van der Waals surface area contributed by atoms with Crippen molar-refractivity contribution in [2.24, 2.45) is 0 Å². The minimum absolute atomic E-state index is 0.0339. The van der Waals surface area contributed by atoms with Crippen LogP contribution < -0.4 is 10.1 Å². The van der Waals surface area contributed by atoms with Gasteiger partial charge in [-0.3, -0.25) is 0 Å². The highest BCUT2D eigenvalue weighted by Crippen LogP contribution is 2.18. The Morgan fingerprint density at radius 3 is 2.52 bits per heavy atom. The number of ether oxygens (including phenoxy) is 1. The minimum atomic E-state index is -0.811. The average molecular weight is 293 g/mol. The third-order valence-electron chi connectivity index (χ3n) is 2.99. The van der Waals surface area contributed by atoms with Crippen molar-refractivity contribution in [1.29, 1.82) is 0 Å². The fourth-order valence-corrected chi connectivity index (χ4v) is 1.86. The number of hydrogen-bond donors (Lipinski definition) is 2. The molecule has 0 radical (unpaired) electrons. The lowest BCUT2D eigenvalue weighted by Gasteiger charge is -2.15. The monoisotopic (exact) mass is 293 g/mol. The molecule has 0 bridgehead atoms. The highest BCUT2D eigenvalue weighted by Gasteiger charge is 2.09. The van der Waals surface area contributed by atoms with E-state index in [4.69, 9.17) is 4.74 Å². The number of anilines is 1. The standard InChI is InChI=1S/C16H17F2NO2/c1-11-3-2-4-15(18)16(11)19-9-13(20)10-21-14-7-5-12(17)6-8-14/h2-8,13,19-20H,9-10H2,1H3. The van der Waals surface area contributed by atoms with E-state index in [-0.39, 0.29) is 24.8 Å². The molecule has 0 saturated carbocycles. The van der Waals surface area contributed by atoms with E-state index in [9.17, 15) is 13.9 Å². The molecule has 0 amide bonds. The Morgan fingerprint density at radius 1 is 1.14 bits per heavy atom. The van der Waals surface area contributed by atoms with Gasteiger partial charge in [0.05, 0.1) is 5.69 Å². The number of halogens is 2. The van der Waals surface area contributed by atoms with Gasteiger partial charge in [-0.1, -0.05) is 12.1 Å². The van der Waals surface area contributed by atoms with E-state index in [0.717, 1.165) is 5.56 Å². The lowest BCUT2D eigenvalue weighted by Crippen LogP contribution is -2.26. The van der Waals surface area contributed by atoms with Crippen LogP contribution in [0.5, 0.6) is 5.75 Å². The van der Waals surface area contributed by atoms with Gasteiger partial charge in [0, 0.05) is 6.54 Å².